The summed E-state index contributed by atoms with van der Waals surface area (Å²) < 4.78 is 12.9. The average Bonchev–Trinajstić information content (AvgIpc) is 2.99. The number of halogens is 1. The molecule has 1 amide bonds. The zero-order valence-electron chi connectivity index (χ0n) is 11.7. The number of hydrogen-bond donors (Lipinski definition) is 1. The van der Waals surface area contributed by atoms with Crippen LogP contribution in [-0.2, 0) is 4.79 Å². The van der Waals surface area contributed by atoms with Crippen LogP contribution in [0.3, 0.4) is 0 Å². The molecule has 0 aliphatic heterocycles. The highest BCUT2D eigenvalue weighted by atomic mass is 32.1. The summed E-state index contributed by atoms with van der Waals surface area (Å²) in [6.07, 6.45) is 3.08. The average molecular weight is 312 g/mol. The summed E-state index contributed by atoms with van der Waals surface area (Å²) in [4.78, 5) is 13.5. The Morgan fingerprint density at radius 3 is 2.68 bits per heavy atom. The van der Waals surface area contributed by atoms with Crippen molar-refractivity contribution >= 4 is 23.3 Å². The Morgan fingerprint density at radius 2 is 2.05 bits per heavy atom. The Hall–Kier alpha value is -2.71. The molecule has 0 aliphatic rings. The highest BCUT2D eigenvalue weighted by Gasteiger charge is 2.09. The van der Waals surface area contributed by atoms with Gasteiger partial charge in [-0.05, 0) is 35.9 Å². The number of thiophene rings is 1. The number of carbonyl (C=O) groups is 1. The van der Waals surface area contributed by atoms with E-state index in [9.17, 15) is 9.18 Å². The molecule has 3 nitrogen and oxygen atoms in total. The van der Waals surface area contributed by atoms with Crippen molar-refractivity contribution < 1.29 is 9.18 Å². The molecule has 5 heteroatoms. The first-order valence-electron chi connectivity index (χ1n) is 6.50. The number of benzene rings is 1. The van der Waals surface area contributed by atoms with E-state index in [1.165, 1.54) is 29.5 Å². The normalized spacial score (nSPS) is 10.8. The number of nitriles is 1. The summed E-state index contributed by atoms with van der Waals surface area (Å²) in [5, 5.41) is 11.6. The summed E-state index contributed by atoms with van der Waals surface area (Å²) in [6.45, 7) is 3.81. The van der Waals surface area contributed by atoms with Gasteiger partial charge in [-0.1, -0.05) is 18.2 Å². The van der Waals surface area contributed by atoms with Crippen molar-refractivity contribution in [3.8, 4) is 16.5 Å². The first-order valence-corrected chi connectivity index (χ1v) is 7.32. The molecule has 0 saturated heterocycles. The van der Waals surface area contributed by atoms with Crippen molar-refractivity contribution in [1.82, 2.24) is 5.32 Å². The molecule has 0 fully saturated rings. The lowest BCUT2D eigenvalue weighted by Crippen LogP contribution is -2.24. The molecule has 0 bridgehead atoms. The molecule has 2 rings (SSSR count). The van der Waals surface area contributed by atoms with Crippen molar-refractivity contribution in [3.63, 3.8) is 0 Å². The summed E-state index contributed by atoms with van der Waals surface area (Å²) in [7, 11) is 0. The number of hydrogen-bond acceptors (Lipinski definition) is 3. The Balaban J connectivity index is 2.21. The maximum absolute atomic E-state index is 12.9. The van der Waals surface area contributed by atoms with Gasteiger partial charge in [-0.3, -0.25) is 4.79 Å². The topological polar surface area (TPSA) is 52.9 Å². The molecule has 22 heavy (non-hydrogen) atoms. The largest absolute Gasteiger partial charge is 0.348 e. The van der Waals surface area contributed by atoms with E-state index in [0.717, 1.165) is 15.3 Å². The molecule has 1 heterocycles. The molecule has 2 aromatic rings. The Morgan fingerprint density at radius 1 is 1.32 bits per heavy atom. The number of nitrogens with one attached hydrogen (secondary N) is 1. The summed E-state index contributed by atoms with van der Waals surface area (Å²) in [6, 6.07) is 11.8. The molecule has 110 valence electrons. The monoisotopic (exact) mass is 312 g/mol. The van der Waals surface area contributed by atoms with Crippen molar-refractivity contribution in [2.24, 2.45) is 0 Å². The van der Waals surface area contributed by atoms with E-state index in [0.29, 0.717) is 6.54 Å². The van der Waals surface area contributed by atoms with Gasteiger partial charge < -0.3 is 5.32 Å². The van der Waals surface area contributed by atoms with Crippen LogP contribution in [0.25, 0.3) is 16.5 Å². The van der Waals surface area contributed by atoms with Crippen LogP contribution >= 0.6 is 11.3 Å². The van der Waals surface area contributed by atoms with Crippen LogP contribution in [-0.4, -0.2) is 12.5 Å². The molecule has 1 aromatic carbocycles. The molecule has 0 aliphatic carbocycles. The van der Waals surface area contributed by atoms with Crippen LogP contribution in [0.2, 0.25) is 0 Å². The van der Waals surface area contributed by atoms with Gasteiger partial charge in [0.05, 0.1) is 0 Å². The Kier molecular flexibility index (Phi) is 5.23. The predicted octanol–water partition coefficient (Wildman–Crippen LogP) is 3.76. The second-order valence-electron chi connectivity index (χ2n) is 4.38. The molecule has 0 unspecified atom stereocenters. The van der Waals surface area contributed by atoms with Crippen LogP contribution < -0.4 is 5.32 Å². The third-order valence-electron chi connectivity index (χ3n) is 2.81. The SMILES string of the molecule is C=CCNC(=O)/C(C#N)=C\c1ccc(-c2ccc(F)cc2)s1. The lowest BCUT2D eigenvalue weighted by Gasteiger charge is -1.99. The molecular weight excluding hydrogens is 299 g/mol. The molecule has 1 N–H and O–H groups in total. The minimum Gasteiger partial charge on any atom is -0.348 e. The van der Waals surface area contributed by atoms with Crippen molar-refractivity contribution in [2.75, 3.05) is 6.54 Å². The van der Waals surface area contributed by atoms with Crippen LogP contribution in [0.15, 0.2) is 54.6 Å². The first kappa shape index (κ1) is 15.7. The molecule has 0 saturated carbocycles. The highest BCUT2D eigenvalue weighted by molar-refractivity contribution is 7.16. The molecule has 1 aromatic heterocycles. The zero-order valence-corrected chi connectivity index (χ0v) is 12.5. The van der Waals surface area contributed by atoms with E-state index < -0.39 is 5.91 Å². The summed E-state index contributed by atoms with van der Waals surface area (Å²) in [5.41, 5.74) is 0.926. The Bertz CT molecular complexity index is 754. The highest BCUT2D eigenvalue weighted by Crippen LogP contribution is 2.29. The van der Waals surface area contributed by atoms with E-state index >= 15 is 0 Å². The number of nitrogens with zero attached hydrogens (tertiary/aromatic N) is 1. The number of carbonyl (C=O) groups excluding carboxylic acids is 1. The fraction of sp³-hybridized carbons (Fsp3) is 0.0588. The van der Waals surface area contributed by atoms with Gasteiger partial charge in [0.15, 0.2) is 0 Å². The third-order valence-corrected chi connectivity index (χ3v) is 3.90. The van der Waals surface area contributed by atoms with E-state index in [1.54, 1.807) is 18.2 Å². The van der Waals surface area contributed by atoms with Crippen molar-refractivity contribution in [2.45, 2.75) is 0 Å². The maximum atomic E-state index is 12.9. The number of rotatable bonds is 5. The van der Waals surface area contributed by atoms with Gasteiger partial charge in [0.2, 0.25) is 0 Å². The quantitative estimate of drug-likeness (QED) is 0.519. The van der Waals surface area contributed by atoms with Gasteiger partial charge in [0.25, 0.3) is 5.91 Å². The Labute approximate surface area is 132 Å². The summed E-state index contributed by atoms with van der Waals surface area (Å²) in [5.74, 6) is -0.717. The minimum atomic E-state index is -0.431. The van der Waals surface area contributed by atoms with Gasteiger partial charge >= 0.3 is 0 Å². The van der Waals surface area contributed by atoms with E-state index in [4.69, 9.17) is 5.26 Å². The maximum Gasteiger partial charge on any atom is 0.262 e. The third kappa shape index (κ3) is 3.90. The van der Waals surface area contributed by atoms with E-state index in [1.807, 2.05) is 18.2 Å². The second kappa shape index (κ2) is 7.34. The van der Waals surface area contributed by atoms with Gasteiger partial charge in [0.1, 0.15) is 17.5 Å². The summed E-state index contributed by atoms with van der Waals surface area (Å²) >= 11 is 1.43. The van der Waals surface area contributed by atoms with Crippen LogP contribution in [0.1, 0.15) is 4.88 Å². The molecule has 0 radical (unpaired) electrons. The van der Waals surface area contributed by atoms with Crippen LogP contribution in [0, 0.1) is 17.1 Å². The second-order valence-corrected chi connectivity index (χ2v) is 5.49. The number of amides is 1. The predicted molar refractivity (Wildman–Crippen MR) is 86.5 cm³/mol. The lowest BCUT2D eigenvalue weighted by molar-refractivity contribution is -0.116. The van der Waals surface area contributed by atoms with Crippen LogP contribution in [0.5, 0.6) is 0 Å². The standard InChI is InChI=1S/C17H13FN2OS/c1-2-9-20-17(21)13(11-19)10-15-7-8-16(22-15)12-3-5-14(18)6-4-12/h2-8,10H,1,9H2,(H,20,21)/b13-10-. The van der Waals surface area contributed by atoms with Crippen molar-refractivity contribution in [1.29, 1.82) is 5.26 Å². The van der Waals surface area contributed by atoms with E-state index in [-0.39, 0.29) is 11.4 Å². The van der Waals surface area contributed by atoms with Gasteiger partial charge in [-0.25, -0.2) is 4.39 Å². The van der Waals surface area contributed by atoms with Gasteiger partial charge in [0, 0.05) is 16.3 Å². The minimum absolute atomic E-state index is 0.0364. The smallest absolute Gasteiger partial charge is 0.262 e. The van der Waals surface area contributed by atoms with Crippen LogP contribution in [0.4, 0.5) is 4.39 Å². The molecule has 0 atom stereocenters. The first-order chi connectivity index (χ1) is 10.6. The fourth-order valence-corrected chi connectivity index (χ4v) is 2.71. The lowest BCUT2D eigenvalue weighted by atomic mass is 10.2. The zero-order chi connectivity index (χ0) is 15.9. The van der Waals surface area contributed by atoms with Gasteiger partial charge in [-0.15, -0.1) is 17.9 Å². The van der Waals surface area contributed by atoms with Gasteiger partial charge in [-0.2, -0.15) is 5.26 Å². The van der Waals surface area contributed by atoms with E-state index in [2.05, 4.69) is 11.9 Å². The van der Waals surface area contributed by atoms with Crippen molar-refractivity contribution in [3.05, 3.63) is 65.3 Å². The molecular formula is C17H13FN2OS. The fourth-order valence-electron chi connectivity index (χ4n) is 1.75. The molecule has 0 spiro atoms.